The van der Waals surface area contributed by atoms with Gasteiger partial charge in [0.25, 0.3) is 5.91 Å². The van der Waals surface area contributed by atoms with Crippen molar-refractivity contribution in [3.05, 3.63) is 59.9 Å². The van der Waals surface area contributed by atoms with Crippen LogP contribution in [0.15, 0.2) is 53.4 Å². The number of anilines is 1. The second-order valence-corrected chi connectivity index (χ2v) is 9.28. The molecule has 1 aliphatic heterocycles. The number of carbonyl (C=O) groups excluding carboxylic acids is 1. The first-order chi connectivity index (χ1) is 14.3. The monoisotopic (exact) mass is 433 g/mol. The number of carbonyl (C=O) groups is 1. The summed E-state index contributed by atoms with van der Waals surface area (Å²) in [5.41, 5.74) is 1.40. The molecule has 1 N–H and O–H groups in total. The van der Waals surface area contributed by atoms with Crippen LogP contribution in [0.2, 0.25) is 0 Å². The fraction of sp³-hybridized carbons (Fsp3) is 0.409. The fourth-order valence-electron chi connectivity index (χ4n) is 3.41. The highest BCUT2D eigenvalue weighted by Crippen LogP contribution is 2.19. The van der Waals surface area contributed by atoms with E-state index in [-0.39, 0.29) is 22.7 Å². The van der Waals surface area contributed by atoms with Gasteiger partial charge in [-0.25, -0.2) is 17.5 Å². The number of benzene rings is 2. The molecule has 162 valence electrons. The minimum absolute atomic E-state index is 0.116. The van der Waals surface area contributed by atoms with Gasteiger partial charge in [-0.2, -0.15) is 0 Å². The Balaban J connectivity index is 1.65. The van der Waals surface area contributed by atoms with E-state index in [0.717, 1.165) is 18.7 Å². The summed E-state index contributed by atoms with van der Waals surface area (Å²) in [7, 11) is -3.59. The maximum Gasteiger partial charge on any atom is 0.253 e. The maximum absolute atomic E-state index is 13.2. The third kappa shape index (κ3) is 5.37. The Morgan fingerprint density at radius 3 is 2.33 bits per heavy atom. The lowest BCUT2D eigenvalue weighted by molar-refractivity contribution is 0.0767. The molecule has 0 bridgehead atoms. The molecule has 1 amide bonds. The third-order valence-corrected chi connectivity index (χ3v) is 6.96. The van der Waals surface area contributed by atoms with Gasteiger partial charge in [-0.1, -0.05) is 6.92 Å². The first kappa shape index (κ1) is 22.2. The van der Waals surface area contributed by atoms with Crippen molar-refractivity contribution in [1.29, 1.82) is 0 Å². The van der Waals surface area contributed by atoms with Crippen molar-refractivity contribution in [1.82, 2.24) is 9.62 Å². The lowest BCUT2D eigenvalue weighted by Crippen LogP contribution is -2.35. The zero-order chi connectivity index (χ0) is 21.7. The summed E-state index contributed by atoms with van der Waals surface area (Å²) in [5.74, 6) is -0.384. The summed E-state index contributed by atoms with van der Waals surface area (Å²) >= 11 is 0. The number of rotatable bonds is 6. The van der Waals surface area contributed by atoms with Crippen LogP contribution in [-0.2, 0) is 10.0 Å². The molecule has 3 rings (SSSR count). The van der Waals surface area contributed by atoms with Crippen LogP contribution < -0.4 is 9.62 Å². The topological polar surface area (TPSA) is 69.7 Å². The smallest absolute Gasteiger partial charge is 0.253 e. The summed E-state index contributed by atoms with van der Waals surface area (Å²) in [5, 5.41) is 0. The second kappa shape index (κ2) is 9.57. The number of halogens is 1. The van der Waals surface area contributed by atoms with E-state index in [1.54, 1.807) is 29.2 Å². The van der Waals surface area contributed by atoms with Gasteiger partial charge in [0.1, 0.15) is 5.82 Å². The van der Waals surface area contributed by atoms with Crippen LogP contribution in [0.5, 0.6) is 0 Å². The van der Waals surface area contributed by atoms with E-state index < -0.39 is 10.0 Å². The van der Waals surface area contributed by atoms with E-state index in [1.165, 1.54) is 24.3 Å². The molecule has 1 heterocycles. The molecule has 2 aromatic carbocycles. The summed E-state index contributed by atoms with van der Waals surface area (Å²) in [6.07, 6.45) is 1.49. The van der Waals surface area contributed by atoms with Crippen LogP contribution >= 0.6 is 0 Å². The van der Waals surface area contributed by atoms with Crippen LogP contribution in [0.3, 0.4) is 0 Å². The summed E-state index contributed by atoms with van der Waals surface area (Å²) in [6, 6.07) is 12.3. The lowest BCUT2D eigenvalue weighted by Gasteiger charge is -2.24. The molecular formula is C22H28FN3O3S. The minimum Gasteiger partial charge on any atom is -0.370 e. The van der Waals surface area contributed by atoms with Gasteiger partial charge >= 0.3 is 0 Å². The van der Waals surface area contributed by atoms with Crippen LogP contribution in [0.4, 0.5) is 10.1 Å². The quantitative estimate of drug-likeness (QED) is 0.759. The normalized spacial score (nSPS) is 16.2. The third-order valence-electron chi connectivity index (χ3n) is 5.36. The van der Waals surface area contributed by atoms with Crippen molar-refractivity contribution in [2.45, 2.75) is 37.6 Å². The molecule has 8 heteroatoms. The number of hydrogen-bond donors (Lipinski definition) is 1. The Kier molecular flexibility index (Phi) is 7.10. The van der Waals surface area contributed by atoms with E-state index in [2.05, 4.69) is 9.62 Å². The molecule has 0 aliphatic carbocycles. The van der Waals surface area contributed by atoms with Gasteiger partial charge in [-0.3, -0.25) is 4.79 Å². The fourth-order valence-corrected chi connectivity index (χ4v) is 4.73. The molecule has 1 fully saturated rings. The highest BCUT2D eigenvalue weighted by atomic mass is 32.2. The Hall–Kier alpha value is -2.45. The maximum atomic E-state index is 13.2. The predicted molar refractivity (Wildman–Crippen MR) is 116 cm³/mol. The summed E-state index contributed by atoms with van der Waals surface area (Å²) in [4.78, 5) is 17.0. The van der Waals surface area contributed by atoms with E-state index in [9.17, 15) is 17.6 Å². The van der Waals surface area contributed by atoms with E-state index >= 15 is 0 Å². The van der Waals surface area contributed by atoms with E-state index in [0.29, 0.717) is 31.6 Å². The predicted octanol–water partition coefficient (Wildman–Crippen LogP) is 3.26. The van der Waals surface area contributed by atoms with Crippen molar-refractivity contribution < 1.29 is 17.6 Å². The van der Waals surface area contributed by atoms with Crippen LogP contribution in [0.1, 0.15) is 37.0 Å². The highest BCUT2D eigenvalue weighted by molar-refractivity contribution is 7.89. The Bertz CT molecular complexity index is 962. The molecule has 30 heavy (non-hydrogen) atoms. The van der Waals surface area contributed by atoms with Gasteiger partial charge in [0.05, 0.1) is 4.90 Å². The lowest BCUT2D eigenvalue weighted by atomic mass is 10.2. The molecule has 2 aromatic rings. The standard InChI is InChI=1S/C22H28FN3O3S/c1-3-17(2)24-30(28,29)21-11-5-18(6-12-21)22(27)26-14-4-13-25(15-16-26)20-9-7-19(23)8-10-20/h5-12,17,24H,3-4,13-16H2,1-2H3. The molecule has 0 radical (unpaired) electrons. The zero-order valence-corrected chi connectivity index (χ0v) is 18.2. The van der Waals surface area contributed by atoms with Crippen molar-refractivity contribution in [3.8, 4) is 0 Å². The average molecular weight is 434 g/mol. The van der Waals surface area contributed by atoms with Crippen LogP contribution in [0.25, 0.3) is 0 Å². The van der Waals surface area contributed by atoms with E-state index in [1.807, 2.05) is 13.8 Å². The first-order valence-corrected chi connectivity index (χ1v) is 11.7. The summed E-state index contributed by atoms with van der Waals surface area (Å²) < 4.78 is 40.5. The van der Waals surface area contributed by atoms with E-state index in [4.69, 9.17) is 0 Å². The average Bonchev–Trinajstić information content (AvgIpc) is 3.00. The van der Waals surface area contributed by atoms with Gasteiger partial charge in [0.15, 0.2) is 0 Å². The van der Waals surface area contributed by atoms with Gasteiger partial charge < -0.3 is 9.80 Å². The molecule has 0 saturated carbocycles. The molecule has 1 atom stereocenters. The van der Waals surface area contributed by atoms with Crippen molar-refractivity contribution >= 4 is 21.6 Å². The highest BCUT2D eigenvalue weighted by Gasteiger charge is 2.22. The van der Waals surface area contributed by atoms with Crippen LogP contribution in [-0.4, -0.2) is 51.4 Å². The Labute approximate surface area is 177 Å². The first-order valence-electron chi connectivity index (χ1n) is 10.2. The molecule has 1 saturated heterocycles. The Morgan fingerprint density at radius 1 is 1.03 bits per heavy atom. The number of sulfonamides is 1. The summed E-state index contributed by atoms with van der Waals surface area (Å²) in [6.45, 7) is 6.33. The van der Waals surface area contributed by atoms with Crippen LogP contribution in [0, 0.1) is 5.82 Å². The number of nitrogens with zero attached hydrogens (tertiary/aromatic N) is 2. The molecule has 0 spiro atoms. The largest absolute Gasteiger partial charge is 0.370 e. The minimum atomic E-state index is -3.59. The molecular weight excluding hydrogens is 405 g/mol. The van der Waals surface area contributed by atoms with Gasteiger partial charge in [-0.05, 0) is 68.3 Å². The number of nitrogens with one attached hydrogen (secondary N) is 1. The number of hydrogen-bond acceptors (Lipinski definition) is 4. The van der Waals surface area contributed by atoms with Gasteiger partial charge in [0, 0.05) is 43.5 Å². The van der Waals surface area contributed by atoms with Crippen molar-refractivity contribution in [3.63, 3.8) is 0 Å². The van der Waals surface area contributed by atoms with Crippen molar-refractivity contribution in [2.75, 3.05) is 31.1 Å². The van der Waals surface area contributed by atoms with Crippen molar-refractivity contribution in [2.24, 2.45) is 0 Å². The Morgan fingerprint density at radius 2 is 1.70 bits per heavy atom. The second-order valence-electron chi connectivity index (χ2n) is 7.56. The molecule has 0 aromatic heterocycles. The molecule has 1 unspecified atom stereocenters. The SMILES string of the molecule is CCC(C)NS(=O)(=O)c1ccc(C(=O)N2CCCN(c3ccc(F)cc3)CC2)cc1. The van der Waals surface area contributed by atoms with Gasteiger partial charge in [-0.15, -0.1) is 0 Å². The zero-order valence-electron chi connectivity index (χ0n) is 17.3. The van der Waals surface area contributed by atoms with Gasteiger partial charge in [0.2, 0.25) is 10.0 Å². The number of amides is 1. The molecule has 6 nitrogen and oxygen atoms in total. The molecule has 1 aliphatic rings.